The van der Waals surface area contributed by atoms with Crippen molar-refractivity contribution in [1.82, 2.24) is 15.1 Å². The van der Waals surface area contributed by atoms with Gasteiger partial charge in [-0.3, -0.25) is 0 Å². The van der Waals surface area contributed by atoms with Crippen LogP contribution < -0.4 is 5.32 Å². The van der Waals surface area contributed by atoms with Crippen molar-refractivity contribution < 1.29 is 0 Å². The van der Waals surface area contributed by atoms with Gasteiger partial charge in [-0.05, 0) is 12.1 Å². The summed E-state index contributed by atoms with van der Waals surface area (Å²) in [6.07, 6.45) is 2.84. The van der Waals surface area contributed by atoms with Crippen LogP contribution in [0.1, 0.15) is 11.3 Å². The second-order valence-electron chi connectivity index (χ2n) is 4.03. The van der Waals surface area contributed by atoms with Crippen LogP contribution in [-0.2, 0) is 13.0 Å². The van der Waals surface area contributed by atoms with Gasteiger partial charge in [-0.2, -0.15) is 5.10 Å². The smallest absolute Gasteiger partial charge is 0.0850 e. The van der Waals surface area contributed by atoms with Gasteiger partial charge in [0.15, 0.2) is 0 Å². The minimum absolute atomic E-state index is 0.554. The number of aromatic nitrogens is 2. The van der Waals surface area contributed by atoms with Crippen LogP contribution >= 0.6 is 23.2 Å². The van der Waals surface area contributed by atoms with Crippen LogP contribution in [0.5, 0.6) is 0 Å². The summed E-state index contributed by atoms with van der Waals surface area (Å²) in [6, 6.07) is 5.60. The highest BCUT2D eigenvalue weighted by Gasteiger charge is 2.17. The summed E-state index contributed by atoms with van der Waals surface area (Å²) in [4.78, 5) is 0. The van der Waals surface area contributed by atoms with Gasteiger partial charge >= 0.3 is 0 Å². The zero-order chi connectivity index (χ0) is 11.8. The Kier molecular flexibility index (Phi) is 2.82. The van der Waals surface area contributed by atoms with Crippen molar-refractivity contribution in [1.29, 1.82) is 0 Å². The van der Waals surface area contributed by atoms with Gasteiger partial charge in [0.2, 0.25) is 0 Å². The van der Waals surface area contributed by atoms with E-state index in [1.165, 1.54) is 11.3 Å². The summed E-state index contributed by atoms with van der Waals surface area (Å²) >= 11 is 12.2. The Bertz CT molecular complexity index is 563. The second-order valence-corrected chi connectivity index (χ2v) is 4.81. The molecule has 0 saturated heterocycles. The minimum atomic E-state index is 0.554. The highest BCUT2D eigenvalue weighted by Crippen LogP contribution is 2.29. The molecule has 3 nitrogen and oxygen atoms in total. The molecule has 0 spiro atoms. The predicted octanol–water partition coefficient (Wildman–Crippen LogP) is 2.82. The largest absolute Gasteiger partial charge is 0.312 e. The van der Waals surface area contributed by atoms with Crippen molar-refractivity contribution in [3.63, 3.8) is 0 Å². The van der Waals surface area contributed by atoms with Crippen molar-refractivity contribution in [3.05, 3.63) is 45.7 Å². The number of nitrogens with zero attached hydrogens (tertiary/aromatic N) is 2. The average Bonchev–Trinajstić information content (AvgIpc) is 2.77. The second kappa shape index (κ2) is 4.33. The Morgan fingerprint density at radius 1 is 1.29 bits per heavy atom. The molecule has 0 aliphatic carbocycles. The van der Waals surface area contributed by atoms with Crippen molar-refractivity contribution >= 4 is 23.2 Å². The van der Waals surface area contributed by atoms with Gasteiger partial charge in [0.25, 0.3) is 0 Å². The molecular weight excluding hydrogens is 257 g/mol. The fraction of sp³-hybridized carbons (Fsp3) is 0.250. The first kappa shape index (κ1) is 11.1. The van der Waals surface area contributed by atoms with E-state index in [0.717, 1.165) is 25.2 Å². The van der Waals surface area contributed by atoms with Crippen molar-refractivity contribution in [3.8, 4) is 5.69 Å². The molecule has 2 heterocycles. The Balaban J connectivity index is 2.15. The molecule has 0 fully saturated rings. The summed E-state index contributed by atoms with van der Waals surface area (Å²) in [7, 11) is 0. The molecule has 1 aromatic heterocycles. The lowest BCUT2D eigenvalue weighted by molar-refractivity contribution is 0.623. The third kappa shape index (κ3) is 1.84. The lowest BCUT2D eigenvalue weighted by Gasteiger charge is -2.16. The lowest BCUT2D eigenvalue weighted by atomic mass is 10.1. The molecule has 0 amide bonds. The van der Waals surface area contributed by atoms with Gasteiger partial charge in [0.1, 0.15) is 0 Å². The molecule has 5 heteroatoms. The quantitative estimate of drug-likeness (QED) is 0.861. The highest BCUT2D eigenvalue weighted by molar-refractivity contribution is 6.43. The van der Waals surface area contributed by atoms with Crippen molar-refractivity contribution in [2.45, 2.75) is 13.0 Å². The third-order valence-corrected chi connectivity index (χ3v) is 3.78. The summed E-state index contributed by atoms with van der Waals surface area (Å²) in [5.41, 5.74) is 3.29. The lowest BCUT2D eigenvalue weighted by Crippen LogP contribution is -2.24. The molecule has 0 bridgehead atoms. The van der Waals surface area contributed by atoms with E-state index in [9.17, 15) is 0 Å². The first-order valence-corrected chi connectivity index (χ1v) is 6.24. The highest BCUT2D eigenvalue weighted by atomic mass is 35.5. The number of halogens is 2. The van der Waals surface area contributed by atoms with Gasteiger partial charge in [-0.1, -0.05) is 29.3 Å². The molecule has 1 aliphatic rings. The monoisotopic (exact) mass is 267 g/mol. The number of hydrogen-bond acceptors (Lipinski definition) is 2. The Labute approximate surface area is 109 Å². The van der Waals surface area contributed by atoms with Crippen LogP contribution in [0, 0.1) is 0 Å². The Morgan fingerprint density at radius 3 is 3.06 bits per heavy atom. The molecule has 88 valence electrons. The van der Waals surface area contributed by atoms with E-state index in [1.54, 1.807) is 6.07 Å². The zero-order valence-corrected chi connectivity index (χ0v) is 10.6. The topological polar surface area (TPSA) is 29.9 Å². The predicted molar refractivity (Wildman–Crippen MR) is 69.0 cm³/mol. The van der Waals surface area contributed by atoms with E-state index in [0.29, 0.717) is 10.0 Å². The van der Waals surface area contributed by atoms with Crippen LogP contribution in [-0.4, -0.2) is 16.3 Å². The number of nitrogens with one attached hydrogen (secondary N) is 1. The summed E-state index contributed by atoms with van der Waals surface area (Å²) in [6.45, 7) is 1.84. The number of rotatable bonds is 1. The van der Waals surface area contributed by atoms with Crippen LogP contribution in [0.25, 0.3) is 5.69 Å². The number of hydrogen-bond donors (Lipinski definition) is 1. The van der Waals surface area contributed by atoms with Crippen LogP contribution in [0.4, 0.5) is 0 Å². The molecule has 3 rings (SSSR count). The van der Waals surface area contributed by atoms with E-state index in [1.807, 2.05) is 23.0 Å². The number of fused-ring (bicyclic) bond motifs is 1. The minimum Gasteiger partial charge on any atom is -0.312 e. The van der Waals surface area contributed by atoms with Gasteiger partial charge in [-0.15, -0.1) is 0 Å². The molecule has 0 radical (unpaired) electrons. The van der Waals surface area contributed by atoms with E-state index >= 15 is 0 Å². The van der Waals surface area contributed by atoms with Crippen molar-refractivity contribution in [2.24, 2.45) is 0 Å². The summed E-state index contributed by atoms with van der Waals surface area (Å²) in [5.74, 6) is 0. The van der Waals surface area contributed by atoms with Gasteiger partial charge in [0, 0.05) is 25.1 Å². The normalized spacial score (nSPS) is 14.7. The maximum Gasteiger partial charge on any atom is 0.0850 e. The zero-order valence-electron chi connectivity index (χ0n) is 9.08. The van der Waals surface area contributed by atoms with E-state index < -0.39 is 0 Å². The Morgan fingerprint density at radius 2 is 2.18 bits per heavy atom. The molecule has 0 unspecified atom stereocenters. The Hall–Kier alpha value is -1.03. The van der Waals surface area contributed by atoms with E-state index in [2.05, 4.69) is 10.4 Å². The van der Waals surface area contributed by atoms with Crippen LogP contribution in [0.2, 0.25) is 10.0 Å². The maximum atomic E-state index is 6.22. The van der Waals surface area contributed by atoms with Crippen LogP contribution in [0.3, 0.4) is 0 Å². The van der Waals surface area contributed by atoms with Gasteiger partial charge in [0.05, 0.1) is 27.6 Å². The third-order valence-electron chi connectivity index (χ3n) is 2.97. The van der Waals surface area contributed by atoms with E-state index in [-0.39, 0.29) is 0 Å². The van der Waals surface area contributed by atoms with Gasteiger partial charge < -0.3 is 5.32 Å². The van der Waals surface area contributed by atoms with E-state index in [4.69, 9.17) is 23.2 Å². The summed E-state index contributed by atoms with van der Waals surface area (Å²) in [5, 5.41) is 8.83. The fourth-order valence-electron chi connectivity index (χ4n) is 2.12. The van der Waals surface area contributed by atoms with Crippen molar-refractivity contribution in [2.75, 3.05) is 6.54 Å². The van der Waals surface area contributed by atoms with Crippen LogP contribution in [0.15, 0.2) is 24.4 Å². The molecule has 1 aromatic carbocycles. The SMILES string of the molecule is Clc1cccc(-n2ncc3c2CCNC3)c1Cl. The molecule has 0 saturated carbocycles. The molecule has 17 heavy (non-hydrogen) atoms. The first-order chi connectivity index (χ1) is 8.27. The summed E-state index contributed by atoms with van der Waals surface area (Å²) < 4.78 is 1.89. The van der Waals surface area contributed by atoms with Gasteiger partial charge in [-0.25, -0.2) is 4.68 Å². The maximum absolute atomic E-state index is 6.22. The molecule has 1 N–H and O–H groups in total. The standard InChI is InChI=1S/C12H11Cl2N3/c13-9-2-1-3-11(12(9)14)17-10-4-5-15-6-8(10)7-16-17/h1-3,7,15H,4-6H2. The molecule has 2 aromatic rings. The molecule has 0 atom stereocenters. The molecular formula is C12H11Cl2N3. The molecule has 1 aliphatic heterocycles. The first-order valence-electron chi connectivity index (χ1n) is 5.48. The fourth-order valence-corrected chi connectivity index (χ4v) is 2.49. The number of benzene rings is 1. The average molecular weight is 268 g/mol.